The van der Waals surface area contributed by atoms with Crippen LogP contribution in [-0.4, -0.2) is 42.0 Å². The smallest absolute Gasteiger partial charge is 0.344 e. The van der Waals surface area contributed by atoms with Crippen molar-refractivity contribution >= 4 is 23.5 Å². The molecule has 1 saturated heterocycles. The molecule has 0 spiro atoms. The molecule has 1 unspecified atom stereocenters. The van der Waals surface area contributed by atoms with Crippen LogP contribution >= 0.6 is 0 Å². The molecular weight excluding hydrogens is 312 g/mol. The van der Waals surface area contributed by atoms with Crippen molar-refractivity contribution in [2.75, 3.05) is 19.0 Å². The fourth-order valence-corrected chi connectivity index (χ4v) is 2.33. The van der Waals surface area contributed by atoms with Gasteiger partial charge in [0, 0.05) is 0 Å². The van der Waals surface area contributed by atoms with Crippen molar-refractivity contribution in [2.24, 2.45) is 0 Å². The molecule has 0 aliphatic carbocycles. The number of carbonyl (C=O) groups is 3. The minimum absolute atomic E-state index is 0.111. The first-order chi connectivity index (χ1) is 11.3. The van der Waals surface area contributed by atoms with E-state index in [-0.39, 0.29) is 6.54 Å². The van der Waals surface area contributed by atoms with Gasteiger partial charge in [0.15, 0.2) is 0 Å². The Morgan fingerprint density at radius 3 is 2.67 bits per heavy atom. The highest BCUT2D eigenvalue weighted by Gasteiger charge is 2.47. The monoisotopic (exact) mass is 334 g/mol. The van der Waals surface area contributed by atoms with Crippen molar-refractivity contribution in [3.05, 3.63) is 23.8 Å². The Morgan fingerprint density at radius 1 is 1.38 bits per heavy atom. The fraction of sp³-hybridized carbons (Fsp3) is 0.438. The van der Waals surface area contributed by atoms with Gasteiger partial charge in [-0.25, -0.2) is 4.79 Å². The van der Waals surface area contributed by atoms with Gasteiger partial charge in [0.2, 0.25) is 0 Å². The lowest BCUT2D eigenvalue weighted by Crippen LogP contribution is -2.50. The van der Waals surface area contributed by atoms with Crippen molar-refractivity contribution in [3.8, 4) is 5.75 Å². The first kappa shape index (κ1) is 17.6. The number of hydrazine groups is 1. The van der Waals surface area contributed by atoms with Crippen LogP contribution in [-0.2, 0) is 9.59 Å². The number of rotatable bonds is 6. The van der Waals surface area contributed by atoms with Crippen molar-refractivity contribution < 1.29 is 19.1 Å². The zero-order valence-electron chi connectivity index (χ0n) is 14.2. The van der Waals surface area contributed by atoms with Crippen LogP contribution in [0.5, 0.6) is 5.75 Å². The van der Waals surface area contributed by atoms with Crippen LogP contribution in [0.2, 0.25) is 0 Å². The minimum atomic E-state index is -0.989. The van der Waals surface area contributed by atoms with Gasteiger partial charge >= 0.3 is 6.03 Å². The number of anilines is 1. The van der Waals surface area contributed by atoms with E-state index in [1.54, 1.807) is 19.9 Å². The average Bonchev–Trinajstić information content (AvgIpc) is 2.77. The van der Waals surface area contributed by atoms with Crippen molar-refractivity contribution in [3.63, 3.8) is 0 Å². The number of urea groups is 1. The summed E-state index contributed by atoms with van der Waals surface area (Å²) in [5, 5.41) is 6.23. The molecule has 0 radical (unpaired) electrons. The van der Waals surface area contributed by atoms with E-state index in [2.05, 4.69) is 16.1 Å². The maximum atomic E-state index is 12.2. The number of nitrogens with one attached hydrogen (secondary N) is 3. The van der Waals surface area contributed by atoms with E-state index < -0.39 is 23.4 Å². The Morgan fingerprint density at radius 2 is 2.08 bits per heavy atom. The third-order valence-electron chi connectivity index (χ3n) is 4.00. The van der Waals surface area contributed by atoms with Crippen LogP contribution in [0.3, 0.4) is 0 Å². The molecule has 4 amide bonds. The van der Waals surface area contributed by atoms with Gasteiger partial charge in [0.1, 0.15) is 11.3 Å². The minimum Gasteiger partial charge on any atom is -0.495 e. The first-order valence-electron chi connectivity index (χ1n) is 7.65. The van der Waals surface area contributed by atoms with Gasteiger partial charge in [0.05, 0.1) is 19.3 Å². The Kier molecular flexibility index (Phi) is 4.96. The summed E-state index contributed by atoms with van der Waals surface area (Å²) < 4.78 is 5.22. The van der Waals surface area contributed by atoms with E-state index >= 15 is 0 Å². The number of methoxy groups -OCH3 is 1. The second-order valence-electron chi connectivity index (χ2n) is 5.85. The molecule has 8 nitrogen and oxygen atoms in total. The van der Waals surface area contributed by atoms with E-state index in [9.17, 15) is 14.4 Å². The fourth-order valence-electron chi connectivity index (χ4n) is 2.33. The van der Waals surface area contributed by atoms with Gasteiger partial charge in [-0.1, -0.05) is 13.0 Å². The number of ether oxygens (including phenoxy) is 1. The summed E-state index contributed by atoms with van der Waals surface area (Å²) >= 11 is 0. The highest BCUT2D eigenvalue weighted by Crippen LogP contribution is 2.25. The van der Waals surface area contributed by atoms with E-state index in [1.807, 2.05) is 19.1 Å². The third kappa shape index (κ3) is 3.42. The van der Waals surface area contributed by atoms with Crippen LogP contribution < -0.4 is 20.8 Å². The zero-order valence-corrected chi connectivity index (χ0v) is 14.2. The van der Waals surface area contributed by atoms with Gasteiger partial charge in [-0.05, 0) is 38.0 Å². The lowest BCUT2D eigenvalue weighted by Gasteiger charge is -2.19. The topological polar surface area (TPSA) is 99.8 Å². The van der Waals surface area contributed by atoms with Gasteiger partial charge < -0.3 is 15.4 Å². The quantitative estimate of drug-likeness (QED) is 0.678. The summed E-state index contributed by atoms with van der Waals surface area (Å²) in [5.41, 5.74) is 2.99. The summed E-state index contributed by atoms with van der Waals surface area (Å²) in [6.07, 6.45) is 0.433. The number of hydrogen-bond acceptors (Lipinski definition) is 5. The zero-order chi connectivity index (χ0) is 17.9. The molecule has 8 heteroatoms. The Hall–Kier alpha value is -2.77. The molecule has 130 valence electrons. The number of nitrogens with zero attached hydrogens (tertiary/aromatic N) is 1. The highest BCUT2D eigenvalue weighted by molar-refractivity contribution is 6.07. The molecule has 1 atom stereocenters. The molecule has 0 bridgehead atoms. The van der Waals surface area contributed by atoms with Gasteiger partial charge in [-0.15, -0.1) is 0 Å². The van der Waals surface area contributed by atoms with Crippen molar-refractivity contribution in [1.82, 2.24) is 15.8 Å². The lowest BCUT2D eigenvalue weighted by atomic mass is 10.00. The molecule has 2 rings (SSSR count). The summed E-state index contributed by atoms with van der Waals surface area (Å²) in [7, 11) is 1.54. The first-order valence-corrected chi connectivity index (χ1v) is 7.65. The van der Waals surface area contributed by atoms with Crippen LogP contribution in [0.25, 0.3) is 0 Å². The van der Waals surface area contributed by atoms with Crippen molar-refractivity contribution in [2.45, 2.75) is 32.7 Å². The maximum absolute atomic E-state index is 12.2. The Labute approximate surface area is 140 Å². The molecule has 1 aliphatic heterocycles. The van der Waals surface area contributed by atoms with Crippen LogP contribution in [0.15, 0.2) is 18.2 Å². The number of hydrogen-bond donors (Lipinski definition) is 3. The number of benzene rings is 1. The van der Waals surface area contributed by atoms with E-state index in [4.69, 9.17) is 4.74 Å². The normalized spacial score (nSPS) is 19.9. The molecule has 1 heterocycles. The summed E-state index contributed by atoms with van der Waals surface area (Å²) in [4.78, 5) is 36.1. The van der Waals surface area contributed by atoms with Gasteiger partial charge in [-0.2, -0.15) is 5.01 Å². The number of carbonyl (C=O) groups excluding carboxylic acids is 3. The maximum Gasteiger partial charge on any atom is 0.344 e. The second-order valence-corrected chi connectivity index (χ2v) is 5.85. The predicted octanol–water partition coefficient (Wildman–Crippen LogP) is 1.17. The summed E-state index contributed by atoms with van der Waals surface area (Å²) in [6.45, 7) is 5.22. The summed E-state index contributed by atoms with van der Waals surface area (Å²) in [5.74, 6) is -0.388. The van der Waals surface area contributed by atoms with E-state index in [1.165, 1.54) is 7.11 Å². The van der Waals surface area contributed by atoms with Crippen LogP contribution in [0.4, 0.5) is 10.5 Å². The van der Waals surface area contributed by atoms with Crippen LogP contribution in [0.1, 0.15) is 25.8 Å². The number of imide groups is 1. The predicted molar refractivity (Wildman–Crippen MR) is 88.4 cm³/mol. The molecule has 1 aromatic rings. The van der Waals surface area contributed by atoms with Crippen LogP contribution in [0, 0.1) is 6.92 Å². The molecule has 24 heavy (non-hydrogen) atoms. The van der Waals surface area contributed by atoms with Crippen molar-refractivity contribution in [1.29, 1.82) is 0 Å². The molecule has 0 saturated carbocycles. The Bertz CT molecular complexity index is 676. The largest absolute Gasteiger partial charge is 0.495 e. The molecule has 1 aliphatic rings. The molecule has 0 aromatic heterocycles. The van der Waals surface area contributed by atoms with Gasteiger partial charge in [0.25, 0.3) is 11.8 Å². The molecule has 1 aromatic carbocycles. The standard InChI is InChI=1S/C16H22N4O4/c1-5-16(3)14(22)20(15(23)18-16)19-13(21)9-17-11-8-10(2)6-7-12(11)24-4/h6-8,17H,5,9H2,1-4H3,(H,18,23)(H,19,21). The highest BCUT2D eigenvalue weighted by atomic mass is 16.5. The molecule has 3 N–H and O–H groups in total. The third-order valence-corrected chi connectivity index (χ3v) is 4.00. The Balaban J connectivity index is 1.98. The number of aryl methyl sites for hydroxylation is 1. The summed E-state index contributed by atoms with van der Waals surface area (Å²) in [6, 6.07) is 4.89. The van der Waals surface area contributed by atoms with E-state index in [0.29, 0.717) is 17.9 Å². The lowest BCUT2D eigenvalue weighted by molar-refractivity contribution is -0.138. The average molecular weight is 334 g/mol. The second kappa shape index (κ2) is 6.77. The van der Waals surface area contributed by atoms with E-state index in [0.717, 1.165) is 10.6 Å². The molecular formula is C16H22N4O4. The SMILES string of the molecule is CCC1(C)NC(=O)N(NC(=O)CNc2cc(C)ccc2OC)C1=O. The molecule has 1 fully saturated rings. The van der Waals surface area contributed by atoms with Gasteiger partial charge in [-0.3, -0.25) is 15.0 Å². The number of amides is 4.